The summed E-state index contributed by atoms with van der Waals surface area (Å²) in [7, 11) is 0. The van der Waals surface area contributed by atoms with Crippen LogP contribution in [0.3, 0.4) is 0 Å². The Kier molecular flexibility index (Phi) is 20.8. The molecule has 2 fully saturated rings. The number of amides is 2. The first kappa shape index (κ1) is 48.9. The number of unbranched alkanes of at least 4 members (excludes halogenated alkanes) is 1. The average Bonchev–Trinajstić information content (AvgIpc) is 3.91. The molecule has 2 saturated heterocycles. The van der Waals surface area contributed by atoms with E-state index in [-0.39, 0.29) is 43.3 Å². The molecule has 0 aromatic carbocycles. The van der Waals surface area contributed by atoms with Gasteiger partial charge in [-0.1, -0.05) is 36.6 Å². The molecule has 1 unspecified atom stereocenters. The van der Waals surface area contributed by atoms with Gasteiger partial charge in [0.25, 0.3) is 0 Å². The first-order chi connectivity index (χ1) is 29.2. The number of halogens is 1. The van der Waals surface area contributed by atoms with Crippen LogP contribution >= 0.6 is 12.4 Å². The monoisotopic (exact) mass is 873 g/mol. The van der Waals surface area contributed by atoms with Gasteiger partial charge in [0.1, 0.15) is 19.2 Å². The van der Waals surface area contributed by atoms with Crippen molar-refractivity contribution < 1.29 is 28.9 Å². The molecule has 4 N–H and O–H groups in total. The minimum Gasteiger partial charge on any atom is -0.393 e. The van der Waals surface area contributed by atoms with Gasteiger partial charge in [-0.3, -0.25) is 9.59 Å². The van der Waals surface area contributed by atoms with Crippen LogP contribution in [0, 0.1) is 18.3 Å². The molecule has 3 aromatic heterocycles. The Morgan fingerprint density at radius 3 is 2.10 bits per heavy atom. The van der Waals surface area contributed by atoms with Gasteiger partial charge in [0.05, 0.1) is 50.5 Å². The molecule has 0 spiro atoms. The maximum absolute atomic E-state index is 14.1. The summed E-state index contributed by atoms with van der Waals surface area (Å²) >= 11 is 0. The predicted octanol–water partition coefficient (Wildman–Crippen LogP) is 0.0608. The van der Waals surface area contributed by atoms with Crippen LogP contribution in [0.5, 0.6) is 0 Å². The van der Waals surface area contributed by atoms with Gasteiger partial charge in [0.15, 0.2) is 0 Å². The maximum atomic E-state index is 14.1. The highest BCUT2D eigenvalue weighted by molar-refractivity contribution is 5.85. The minimum absolute atomic E-state index is 0. The average molecular weight is 874 g/mol. The van der Waals surface area contributed by atoms with Gasteiger partial charge in [0.2, 0.25) is 29.7 Å². The second kappa shape index (κ2) is 25.9. The zero-order valence-electron chi connectivity index (χ0n) is 35.8. The number of hydrogen-bond acceptors (Lipinski definition) is 17. The Hall–Kier alpha value is -4.72. The summed E-state index contributed by atoms with van der Waals surface area (Å²) in [5.74, 6) is 3.85. The van der Waals surface area contributed by atoms with Gasteiger partial charge >= 0.3 is 0 Å². The van der Waals surface area contributed by atoms with Crippen molar-refractivity contribution in [2.24, 2.45) is 11.7 Å². The number of aliphatic hydroxyl groups excluding tert-OH is 1. The van der Waals surface area contributed by atoms with E-state index in [1.807, 2.05) is 11.1 Å². The molecular formula is C39H64ClN15O6. The number of piperazine rings is 2. The summed E-state index contributed by atoms with van der Waals surface area (Å²) in [6, 6.07) is -0.451. The number of ether oxygens (including phenoxy) is 3. The number of nitrogens with zero attached hydrogens (tertiary/aromatic N) is 13. The van der Waals surface area contributed by atoms with Crippen molar-refractivity contribution in [3.05, 3.63) is 23.8 Å². The Morgan fingerprint density at radius 2 is 1.48 bits per heavy atom. The largest absolute Gasteiger partial charge is 0.393 e. The lowest BCUT2D eigenvalue weighted by atomic mass is 9.97. The van der Waals surface area contributed by atoms with Crippen molar-refractivity contribution in [2.45, 2.75) is 71.6 Å². The molecule has 2 amide bonds. The van der Waals surface area contributed by atoms with Gasteiger partial charge < -0.3 is 50.0 Å². The van der Waals surface area contributed by atoms with Crippen LogP contribution in [-0.2, 0) is 43.2 Å². The lowest BCUT2D eigenvalue weighted by Crippen LogP contribution is -2.52. The van der Waals surface area contributed by atoms with Crippen molar-refractivity contribution in [3.8, 4) is 12.3 Å². The highest BCUT2D eigenvalue weighted by Crippen LogP contribution is 2.26. The number of aryl methyl sites for hydroxylation is 1. The van der Waals surface area contributed by atoms with Gasteiger partial charge in [-0.05, 0) is 38.6 Å². The Bertz CT molecular complexity index is 1790. The van der Waals surface area contributed by atoms with Crippen molar-refractivity contribution in [3.63, 3.8) is 0 Å². The molecule has 0 aliphatic carbocycles. The zero-order chi connectivity index (χ0) is 42.7. The van der Waals surface area contributed by atoms with E-state index in [1.54, 1.807) is 22.7 Å². The van der Waals surface area contributed by atoms with Crippen LogP contribution < -0.4 is 20.9 Å². The number of carbonyl (C=O) groups excluding carboxylic acids is 2. The highest BCUT2D eigenvalue weighted by Gasteiger charge is 2.34. The van der Waals surface area contributed by atoms with Crippen molar-refractivity contribution >= 4 is 42.1 Å². The topological polar surface area (TPSA) is 233 Å². The molecule has 3 aromatic rings. The number of nitrogens with one attached hydrogen (secondary N) is 1. The fourth-order valence-electron chi connectivity index (χ4n) is 6.90. The van der Waals surface area contributed by atoms with Gasteiger partial charge in [-0.2, -0.15) is 15.0 Å². The van der Waals surface area contributed by atoms with E-state index >= 15 is 0 Å². The SMILES string of the molecule is C#CCOCCOCCOCCNc1nc(N2CCN(C(=O)Cn3cc(CC(C)O)nn3)CC2)nc(N2CCN(C(=O)[C@H]([C@@H](C)CC)n3cc(CCCCN)nn3)CC2)n1.Cl. The van der Waals surface area contributed by atoms with Gasteiger partial charge in [-0.15, -0.1) is 29.0 Å². The van der Waals surface area contributed by atoms with Crippen LogP contribution in [-0.4, -0.2) is 183 Å². The number of aromatic nitrogens is 9. The summed E-state index contributed by atoms with van der Waals surface area (Å²) in [6.07, 6.45) is 12.1. The lowest BCUT2D eigenvalue weighted by Gasteiger charge is -2.38. The van der Waals surface area contributed by atoms with Crippen molar-refractivity contribution in [1.29, 1.82) is 0 Å². The third-order valence-corrected chi connectivity index (χ3v) is 10.4. The van der Waals surface area contributed by atoms with Crippen LogP contribution in [0.4, 0.5) is 17.8 Å². The molecule has 5 rings (SSSR count). The van der Waals surface area contributed by atoms with Gasteiger partial charge in [-0.25, -0.2) is 9.36 Å². The fraction of sp³-hybridized carbons (Fsp3) is 0.718. The smallest absolute Gasteiger partial charge is 0.247 e. The summed E-state index contributed by atoms with van der Waals surface area (Å²) in [4.78, 5) is 49.6. The number of rotatable bonds is 25. The third-order valence-electron chi connectivity index (χ3n) is 10.4. The maximum Gasteiger partial charge on any atom is 0.247 e. The van der Waals surface area contributed by atoms with Crippen molar-refractivity contribution in [1.82, 2.24) is 54.7 Å². The molecule has 22 heteroatoms. The number of terminal acetylenes is 1. The Balaban J connectivity index is 0.00000819. The normalized spacial score (nSPS) is 15.9. The molecule has 61 heavy (non-hydrogen) atoms. The second-order valence-corrected chi connectivity index (χ2v) is 15.1. The number of aliphatic hydroxyl groups is 1. The number of anilines is 3. The van der Waals surface area contributed by atoms with E-state index in [0.29, 0.717) is 128 Å². The number of carbonyl (C=O) groups is 2. The lowest BCUT2D eigenvalue weighted by molar-refractivity contribution is -0.137. The van der Waals surface area contributed by atoms with E-state index < -0.39 is 12.1 Å². The van der Waals surface area contributed by atoms with E-state index in [1.165, 1.54) is 4.68 Å². The van der Waals surface area contributed by atoms with E-state index in [9.17, 15) is 14.7 Å². The summed E-state index contributed by atoms with van der Waals surface area (Å²) in [5.41, 5.74) is 7.17. The summed E-state index contributed by atoms with van der Waals surface area (Å²) in [5, 5.41) is 29.8. The van der Waals surface area contributed by atoms with E-state index in [2.05, 4.69) is 55.5 Å². The van der Waals surface area contributed by atoms with Crippen molar-refractivity contribution in [2.75, 3.05) is 120 Å². The molecule has 5 heterocycles. The quantitative estimate of drug-likeness (QED) is 0.0755. The van der Waals surface area contributed by atoms with Crippen LogP contribution in [0.25, 0.3) is 0 Å². The number of nitrogens with two attached hydrogens (primary N) is 1. The summed E-state index contributed by atoms with van der Waals surface area (Å²) in [6.45, 7) is 13.4. The molecular weight excluding hydrogens is 810 g/mol. The summed E-state index contributed by atoms with van der Waals surface area (Å²) < 4.78 is 19.7. The molecule has 0 saturated carbocycles. The predicted molar refractivity (Wildman–Crippen MR) is 230 cm³/mol. The zero-order valence-corrected chi connectivity index (χ0v) is 36.6. The standard InChI is InChI=1S/C39H63N15O6.ClH/c1-5-20-58-22-24-60-25-23-59-21-11-41-37-42-38(51-16-12-49(13-17-51)34(56)29-53-27-33(46-47-53)26-31(4)55)44-39(43-37)52-18-14-50(15-19-52)36(57)35(30(3)6-2)54-28-32(45-48-54)9-7-8-10-40;/h1,27-28,30-31,35,55H,6-26,29,40H2,2-4H3,(H,41,42,43,44);1H/t30-,31?,35-;/m0./s1. The highest BCUT2D eigenvalue weighted by atomic mass is 35.5. The molecule has 0 bridgehead atoms. The van der Waals surface area contributed by atoms with Crippen LogP contribution in [0.15, 0.2) is 12.4 Å². The Labute approximate surface area is 364 Å². The Morgan fingerprint density at radius 1 is 0.852 bits per heavy atom. The second-order valence-electron chi connectivity index (χ2n) is 15.1. The van der Waals surface area contributed by atoms with Gasteiger partial charge in [0, 0.05) is 77.7 Å². The molecule has 0 radical (unpaired) electrons. The number of hydrogen-bond donors (Lipinski definition) is 3. The van der Waals surface area contributed by atoms with E-state index in [0.717, 1.165) is 31.4 Å². The minimum atomic E-state index is -0.543. The molecule has 2 aliphatic heterocycles. The molecule has 338 valence electrons. The molecule has 2 aliphatic rings. The van der Waals surface area contributed by atoms with Crippen LogP contribution in [0.1, 0.15) is 57.5 Å². The van der Waals surface area contributed by atoms with E-state index in [4.69, 9.17) is 41.3 Å². The molecule has 21 nitrogen and oxygen atoms in total. The van der Waals surface area contributed by atoms with Crippen LogP contribution in [0.2, 0.25) is 0 Å². The first-order valence-electron chi connectivity index (χ1n) is 21.1. The fourth-order valence-corrected chi connectivity index (χ4v) is 6.90. The molecule has 3 atom stereocenters. The third kappa shape index (κ3) is 15.3. The first-order valence-corrected chi connectivity index (χ1v) is 21.1.